The van der Waals surface area contributed by atoms with Crippen LogP contribution in [0.5, 0.6) is 0 Å². The van der Waals surface area contributed by atoms with Crippen molar-refractivity contribution in [1.82, 2.24) is 0 Å². The molecule has 0 heterocycles. The van der Waals surface area contributed by atoms with Crippen molar-refractivity contribution >= 4 is 10.1 Å². The summed E-state index contributed by atoms with van der Waals surface area (Å²) in [6.45, 7) is 4.89. The number of nitrogens with zero attached hydrogens (tertiary/aromatic N) is 1. The van der Waals surface area contributed by atoms with Gasteiger partial charge in [-0.25, -0.2) is 0 Å². The van der Waals surface area contributed by atoms with E-state index in [9.17, 15) is 13.0 Å². The lowest BCUT2D eigenvalue weighted by molar-refractivity contribution is -0.902. The third kappa shape index (κ3) is 13.1. The summed E-state index contributed by atoms with van der Waals surface area (Å²) in [5, 5.41) is -0.704. The van der Waals surface area contributed by atoms with Crippen molar-refractivity contribution in [3.8, 4) is 0 Å². The molecule has 0 aromatic heterocycles. The van der Waals surface area contributed by atoms with Gasteiger partial charge < -0.3 is 4.48 Å². The van der Waals surface area contributed by atoms with Gasteiger partial charge in [-0.2, -0.15) is 8.42 Å². The molecule has 0 bridgehead atoms. The van der Waals surface area contributed by atoms with Gasteiger partial charge in [-0.15, -0.1) is 0 Å². The van der Waals surface area contributed by atoms with E-state index < -0.39 is 15.5 Å². The topological polar surface area (TPSA) is 54.4 Å². The minimum atomic E-state index is -3.97. The van der Waals surface area contributed by atoms with Crippen LogP contribution >= 0.6 is 0 Å². The highest BCUT2D eigenvalue weighted by Gasteiger charge is 2.36. The largest absolute Gasteiger partial charge is 0.319 e. The molecule has 0 fully saturated rings. The van der Waals surface area contributed by atoms with Gasteiger partial charge in [0, 0.05) is 6.42 Å². The Balaban J connectivity index is 3.56. The van der Waals surface area contributed by atoms with Gasteiger partial charge in [-0.3, -0.25) is 4.55 Å². The lowest BCUT2D eigenvalue weighted by Crippen LogP contribution is -2.52. The average Bonchev–Trinajstić information content (AvgIpc) is 2.54. The quantitative estimate of drug-likeness (QED) is 0.172. The zero-order valence-corrected chi connectivity index (χ0v) is 18.8. The van der Waals surface area contributed by atoms with Gasteiger partial charge in [0.1, 0.15) is 0 Å². The Morgan fingerprint density at radius 1 is 0.692 bits per heavy atom. The smallest absolute Gasteiger partial charge is 0.312 e. The highest BCUT2D eigenvalue weighted by molar-refractivity contribution is 7.86. The molecule has 1 unspecified atom stereocenters. The Kier molecular flexibility index (Phi) is 14.8. The van der Waals surface area contributed by atoms with E-state index in [1.54, 1.807) is 0 Å². The summed E-state index contributed by atoms with van der Waals surface area (Å²) in [6, 6.07) is 0. The third-order valence-electron chi connectivity index (χ3n) is 5.56. The van der Waals surface area contributed by atoms with Crippen molar-refractivity contribution in [3.63, 3.8) is 0 Å². The van der Waals surface area contributed by atoms with E-state index in [1.165, 1.54) is 77.0 Å². The normalized spacial score (nSPS) is 13.9. The van der Waals surface area contributed by atoms with Crippen LogP contribution in [0, 0.1) is 0 Å². The zero-order valence-electron chi connectivity index (χ0n) is 18.0. The molecule has 158 valence electrons. The number of hydrogen-bond donors (Lipinski definition) is 1. The fraction of sp³-hybridized carbons (Fsp3) is 1.00. The van der Waals surface area contributed by atoms with Gasteiger partial charge in [0.25, 0.3) is 0 Å². The molecular formula is C21H46NO3S+. The van der Waals surface area contributed by atoms with Crippen LogP contribution in [-0.2, 0) is 10.1 Å². The molecule has 0 rings (SSSR count). The van der Waals surface area contributed by atoms with E-state index in [-0.39, 0.29) is 0 Å². The molecule has 0 aromatic rings. The van der Waals surface area contributed by atoms with Gasteiger partial charge in [-0.05, 0) is 12.8 Å². The lowest BCUT2D eigenvalue weighted by atomic mass is 10.0. The van der Waals surface area contributed by atoms with Gasteiger partial charge in [0.15, 0.2) is 0 Å². The molecule has 0 saturated heterocycles. The highest BCUT2D eigenvalue weighted by atomic mass is 32.2. The van der Waals surface area contributed by atoms with Gasteiger partial charge >= 0.3 is 10.1 Å². The maximum Gasteiger partial charge on any atom is 0.319 e. The van der Waals surface area contributed by atoms with E-state index in [0.717, 1.165) is 19.4 Å². The van der Waals surface area contributed by atoms with Crippen molar-refractivity contribution in [1.29, 1.82) is 0 Å². The first-order valence-electron chi connectivity index (χ1n) is 11.0. The molecule has 4 nitrogen and oxygen atoms in total. The summed E-state index contributed by atoms with van der Waals surface area (Å²) in [4.78, 5) is 0. The highest BCUT2D eigenvalue weighted by Crippen LogP contribution is 2.18. The fourth-order valence-electron chi connectivity index (χ4n) is 3.92. The number of unbranched alkanes of at least 4 members (excludes halogenated alkanes) is 13. The van der Waals surface area contributed by atoms with E-state index in [4.69, 9.17) is 0 Å². The number of rotatable bonds is 18. The van der Waals surface area contributed by atoms with Crippen molar-refractivity contribution in [3.05, 3.63) is 0 Å². The number of quaternary nitrogens is 1. The van der Waals surface area contributed by atoms with Crippen LogP contribution < -0.4 is 0 Å². The molecule has 0 amide bonds. The second-order valence-corrected chi connectivity index (χ2v) is 10.1. The fourth-order valence-corrected chi connectivity index (χ4v) is 5.17. The standard InChI is InChI=1S/C21H45NO3S/c1-5-7-8-9-10-11-12-13-14-15-16-17-18-19-20-22(3,4)21(6-2)26(23,24)25/h21H,5-20H2,1-4H3/p+1. The second kappa shape index (κ2) is 14.9. The maximum absolute atomic E-state index is 11.5. The van der Waals surface area contributed by atoms with Crippen molar-refractivity contribution in [2.24, 2.45) is 0 Å². The monoisotopic (exact) mass is 392 g/mol. The molecule has 5 heteroatoms. The molecule has 0 spiro atoms. The van der Waals surface area contributed by atoms with E-state index in [1.807, 2.05) is 21.0 Å². The van der Waals surface area contributed by atoms with Gasteiger partial charge in [0.05, 0.1) is 20.6 Å². The van der Waals surface area contributed by atoms with Crippen molar-refractivity contribution < 1.29 is 17.5 Å². The van der Waals surface area contributed by atoms with Crippen LogP contribution in [0.15, 0.2) is 0 Å². The van der Waals surface area contributed by atoms with Crippen LogP contribution in [0.25, 0.3) is 0 Å². The summed E-state index contributed by atoms with van der Waals surface area (Å²) >= 11 is 0. The molecule has 26 heavy (non-hydrogen) atoms. The molecule has 0 radical (unpaired) electrons. The first kappa shape index (κ1) is 25.9. The SMILES string of the molecule is CCCCCCCCCCCCCCCC[N+](C)(C)C(CC)S(=O)(=O)O. The van der Waals surface area contributed by atoms with Crippen LogP contribution in [-0.4, -0.2) is 43.5 Å². The van der Waals surface area contributed by atoms with Gasteiger partial charge in [-0.1, -0.05) is 90.9 Å². The Morgan fingerprint density at radius 2 is 1.04 bits per heavy atom. The molecule has 0 aliphatic heterocycles. The van der Waals surface area contributed by atoms with Crippen LogP contribution in [0.2, 0.25) is 0 Å². The third-order valence-corrected chi connectivity index (χ3v) is 7.15. The summed E-state index contributed by atoms with van der Waals surface area (Å²) in [5.74, 6) is 0. The Labute approximate surface area is 164 Å². The van der Waals surface area contributed by atoms with E-state index in [0.29, 0.717) is 10.9 Å². The van der Waals surface area contributed by atoms with E-state index >= 15 is 0 Å². The van der Waals surface area contributed by atoms with Gasteiger partial charge in [0.2, 0.25) is 5.37 Å². The first-order valence-corrected chi connectivity index (χ1v) is 12.5. The minimum Gasteiger partial charge on any atom is -0.312 e. The number of hydrogen-bond acceptors (Lipinski definition) is 2. The summed E-state index contributed by atoms with van der Waals surface area (Å²) in [7, 11) is -0.156. The predicted molar refractivity (Wildman–Crippen MR) is 113 cm³/mol. The molecule has 1 atom stereocenters. The van der Waals surface area contributed by atoms with Crippen molar-refractivity contribution in [2.45, 2.75) is 116 Å². The zero-order chi connectivity index (χ0) is 19.9. The summed E-state index contributed by atoms with van der Waals surface area (Å²) in [6.07, 6.45) is 19.0. The Hall–Kier alpha value is -0.130. The Morgan fingerprint density at radius 3 is 1.35 bits per heavy atom. The van der Waals surface area contributed by atoms with Crippen LogP contribution in [0.1, 0.15) is 110 Å². The molecular weight excluding hydrogens is 346 g/mol. The van der Waals surface area contributed by atoms with Crippen molar-refractivity contribution in [2.75, 3.05) is 20.6 Å². The van der Waals surface area contributed by atoms with Crippen LogP contribution in [0.3, 0.4) is 0 Å². The molecule has 1 N–H and O–H groups in total. The maximum atomic E-state index is 11.5. The molecule has 0 aliphatic carbocycles. The second-order valence-electron chi connectivity index (χ2n) is 8.48. The Bertz CT molecular complexity index is 421. The molecule has 0 aliphatic rings. The van der Waals surface area contributed by atoms with Crippen LogP contribution in [0.4, 0.5) is 0 Å². The minimum absolute atomic E-state index is 0.355. The first-order chi connectivity index (χ1) is 12.3. The molecule has 0 aromatic carbocycles. The predicted octanol–water partition coefficient (Wildman–Crippen LogP) is 6.17. The summed E-state index contributed by atoms with van der Waals surface area (Å²) < 4.78 is 32.7. The average molecular weight is 393 g/mol. The van der Waals surface area contributed by atoms with E-state index in [2.05, 4.69) is 6.92 Å². The lowest BCUT2D eigenvalue weighted by Gasteiger charge is -2.35. The summed E-state index contributed by atoms with van der Waals surface area (Å²) in [5.41, 5.74) is 0. The molecule has 0 saturated carbocycles.